The van der Waals surface area contributed by atoms with E-state index in [-0.39, 0.29) is 18.3 Å². The van der Waals surface area contributed by atoms with Crippen molar-refractivity contribution in [3.8, 4) is 12.3 Å². The van der Waals surface area contributed by atoms with Crippen molar-refractivity contribution in [1.29, 1.82) is 0 Å². The summed E-state index contributed by atoms with van der Waals surface area (Å²) in [5.41, 5.74) is 13.9. The SMILES string of the molecule is C#CCCCc1cn(C(=O)OC(C)(C)C)c(N)n1.[N-]=[N+]=NCC(=O)CC1CCCCC1. The average Bonchev–Trinajstić information content (AvgIpc) is 3.07. The molecule has 1 aliphatic rings. The summed E-state index contributed by atoms with van der Waals surface area (Å²) in [7, 11) is 0. The van der Waals surface area contributed by atoms with Crippen molar-refractivity contribution < 1.29 is 14.3 Å². The second kappa shape index (κ2) is 13.3. The Balaban J connectivity index is 0.000000327. The molecule has 170 valence electrons. The largest absolute Gasteiger partial charge is 0.443 e. The number of anilines is 1. The molecule has 0 spiro atoms. The minimum absolute atomic E-state index is 0.0347. The van der Waals surface area contributed by atoms with Gasteiger partial charge in [-0.25, -0.2) is 14.3 Å². The first-order chi connectivity index (χ1) is 14.7. The summed E-state index contributed by atoms with van der Waals surface area (Å²) in [5.74, 6) is 3.33. The number of aryl methyl sites for hydroxylation is 1. The number of azide groups is 1. The van der Waals surface area contributed by atoms with Gasteiger partial charge in [-0.3, -0.25) is 4.79 Å². The molecule has 1 aromatic rings. The maximum Gasteiger partial charge on any atom is 0.421 e. The molecule has 0 aromatic carbocycles. The van der Waals surface area contributed by atoms with Crippen LogP contribution in [-0.4, -0.2) is 33.6 Å². The summed E-state index contributed by atoms with van der Waals surface area (Å²) in [6.45, 7) is 5.43. The molecule has 0 aliphatic heterocycles. The number of nitrogen functional groups attached to an aromatic ring is 1. The number of nitrogens with two attached hydrogens (primary N) is 1. The first kappa shape index (κ1) is 26.1. The molecule has 1 fully saturated rings. The third kappa shape index (κ3) is 11.1. The fraction of sp³-hybridized carbons (Fsp3) is 0.682. The normalized spacial score (nSPS) is 13.9. The molecule has 9 heteroatoms. The minimum Gasteiger partial charge on any atom is -0.443 e. The average molecular weight is 431 g/mol. The Bertz CT molecular complexity index is 806. The highest BCUT2D eigenvalue weighted by atomic mass is 16.6. The fourth-order valence-corrected chi connectivity index (χ4v) is 3.28. The van der Waals surface area contributed by atoms with Crippen LogP contribution in [0.25, 0.3) is 10.4 Å². The Kier molecular flexibility index (Phi) is 11.2. The predicted molar refractivity (Wildman–Crippen MR) is 120 cm³/mol. The molecular formula is C22H34N6O3. The summed E-state index contributed by atoms with van der Waals surface area (Å²) in [5, 5.41) is 3.27. The van der Waals surface area contributed by atoms with Crippen LogP contribution < -0.4 is 5.73 Å². The highest BCUT2D eigenvalue weighted by molar-refractivity contribution is 5.80. The third-order valence-electron chi connectivity index (χ3n) is 4.68. The van der Waals surface area contributed by atoms with Gasteiger partial charge in [0.1, 0.15) is 11.4 Å². The highest BCUT2D eigenvalue weighted by Gasteiger charge is 2.20. The van der Waals surface area contributed by atoms with Crippen LogP contribution in [0, 0.1) is 18.3 Å². The number of rotatable bonds is 7. The molecule has 31 heavy (non-hydrogen) atoms. The number of carbonyl (C=O) groups is 2. The van der Waals surface area contributed by atoms with Gasteiger partial charge in [-0.2, -0.15) is 0 Å². The van der Waals surface area contributed by atoms with Crippen LogP contribution in [0.3, 0.4) is 0 Å². The van der Waals surface area contributed by atoms with Crippen molar-refractivity contribution in [2.24, 2.45) is 11.0 Å². The van der Waals surface area contributed by atoms with Gasteiger partial charge < -0.3 is 10.5 Å². The van der Waals surface area contributed by atoms with Gasteiger partial charge in [-0.05, 0) is 45.1 Å². The maximum atomic E-state index is 11.8. The van der Waals surface area contributed by atoms with Gasteiger partial charge in [0.25, 0.3) is 0 Å². The van der Waals surface area contributed by atoms with Gasteiger partial charge >= 0.3 is 6.09 Å². The van der Waals surface area contributed by atoms with Gasteiger partial charge in [0.05, 0.1) is 12.2 Å². The van der Waals surface area contributed by atoms with Crippen LogP contribution in [-0.2, 0) is 16.0 Å². The molecule has 0 radical (unpaired) electrons. The van der Waals surface area contributed by atoms with Crippen molar-refractivity contribution in [2.45, 2.75) is 84.2 Å². The van der Waals surface area contributed by atoms with Crippen molar-refractivity contribution in [3.05, 3.63) is 22.3 Å². The van der Waals surface area contributed by atoms with Crippen LogP contribution in [0.2, 0.25) is 0 Å². The number of nitrogens with zero attached hydrogens (tertiary/aromatic N) is 5. The number of ether oxygens (including phenoxy) is 1. The Morgan fingerprint density at radius 1 is 1.39 bits per heavy atom. The molecule has 0 bridgehead atoms. The molecule has 9 nitrogen and oxygen atoms in total. The van der Waals surface area contributed by atoms with Crippen LogP contribution >= 0.6 is 0 Å². The molecule has 2 N–H and O–H groups in total. The first-order valence-corrected chi connectivity index (χ1v) is 10.7. The molecule has 1 saturated carbocycles. The molecule has 1 aromatic heterocycles. The number of carbonyl (C=O) groups excluding carboxylic acids is 2. The van der Waals surface area contributed by atoms with Crippen LogP contribution in [0.15, 0.2) is 11.3 Å². The van der Waals surface area contributed by atoms with Gasteiger partial charge in [0.2, 0.25) is 5.95 Å². The second-order valence-electron chi connectivity index (χ2n) is 8.63. The number of unbranched alkanes of at least 4 members (excludes halogenated alkanes) is 1. The molecular weight excluding hydrogens is 396 g/mol. The lowest BCUT2D eigenvalue weighted by Crippen LogP contribution is -2.27. The number of imidazole rings is 1. The van der Waals surface area contributed by atoms with Gasteiger partial charge in [0, 0.05) is 24.0 Å². The van der Waals surface area contributed by atoms with Gasteiger partial charge in [-0.1, -0.05) is 37.2 Å². The lowest BCUT2D eigenvalue weighted by Gasteiger charge is -2.20. The van der Waals surface area contributed by atoms with E-state index in [1.54, 1.807) is 27.0 Å². The quantitative estimate of drug-likeness (QED) is 0.212. The monoisotopic (exact) mass is 430 g/mol. The van der Waals surface area contributed by atoms with Gasteiger partial charge in [0.15, 0.2) is 0 Å². The molecule has 2 rings (SSSR count). The van der Waals surface area contributed by atoms with E-state index < -0.39 is 11.7 Å². The fourth-order valence-electron chi connectivity index (χ4n) is 3.28. The summed E-state index contributed by atoms with van der Waals surface area (Å²) < 4.78 is 6.43. The van der Waals surface area contributed by atoms with E-state index in [0.29, 0.717) is 25.2 Å². The Morgan fingerprint density at radius 3 is 2.65 bits per heavy atom. The summed E-state index contributed by atoms with van der Waals surface area (Å²) in [4.78, 5) is 29.7. The molecule has 0 amide bonds. The van der Waals surface area contributed by atoms with E-state index in [0.717, 1.165) is 12.1 Å². The zero-order valence-corrected chi connectivity index (χ0v) is 18.8. The van der Waals surface area contributed by atoms with Crippen LogP contribution in [0.1, 0.15) is 77.8 Å². The highest BCUT2D eigenvalue weighted by Crippen LogP contribution is 2.26. The Labute approximate surface area is 184 Å². The number of terminal acetylenes is 1. The molecule has 0 saturated heterocycles. The Hall–Kier alpha value is -2.98. The van der Waals surface area contributed by atoms with E-state index in [2.05, 4.69) is 20.9 Å². The molecule has 0 unspecified atom stereocenters. The topological polar surface area (TPSA) is 136 Å². The van der Waals surface area contributed by atoms with E-state index in [1.807, 2.05) is 0 Å². The molecule has 1 heterocycles. The van der Waals surface area contributed by atoms with E-state index in [9.17, 15) is 9.59 Å². The van der Waals surface area contributed by atoms with E-state index in [4.69, 9.17) is 22.4 Å². The molecule has 1 aliphatic carbocycles. The number of hydrogen-bond donors (Lipinski definition) is 1. The lowest BCUT2D eigenvalue weighted by molar-refractivity contribution is -0.118. The zero-order valence-electron chi connectivity index (χ0n) is 18.8. The van der Waals surface area contributed by atoms with E-state index in [1.165, 1.54) is 36.7 Å². The second-order valence-corrected chi connectivity index (χ2v) is 8.63. The number of aromatic nitrogens is 2. The summed E-state index contributed by atoms with van der Waals surface area (Å²) in [6.07, 6.45) is 15.2. The maximum absolute atomic E-state index is 11.8. The summed E-state index contributed by atoms with van der Waals surface area (Å²) >= 11 is 0. The number of ketones is 1. The predicted octanol–water partition coefficient (Wildman–Crippen LogP) is 5.04. The standard InChI is InChI=1S/C13H19N3O2.C9H15N3O/c1-5-6-7-8-10-9-16(11(14)15-10)12(17)18-13(2,3)4;10-12-11-7-9(13)6-8-4-2-1-3-5-8/h1,9H,6-8H2,2-4H3,(H2,14,15);8H,1-7H2. The van der Waals surface area contributed by atoms with Crippen LogP contribution in [0.5, 0.6) is 0 Å². The third-order valence-corrected chi connectivity index (χ3v) is 4.68. The van der Waals surface area contributed by atoms with Gasteiger partial charge in [-0.15, -0.1) is 12.3 Å². The first-order valence-electron chi connectivity index (χ1n) is 10.7. The molecule has 0 atom stereocenters. The smallest absolute Gasteiger partial charge is 0.421 e. The lowest BCUT2D eigenvalue weighted by atomic mass is 9.86. The minimum atomic E-state index is -0.558. The van der Waals surface area contributed by atoms with E-state index >= 15 is 0 Å². The summed E-state index contributed by atoms with van der Waals surface area (Å²) in [6, 6.07) is 0. The zero-order chi connectivity index (χ0) is 23.3. The van der Waals surface area contributed by atoms with Crippen molar-refractivity contribution in [3.63, 3.8) is 0 Å². The van der Waals surface area contributed by atoms with Crippen molar-refractivity contribution in [2.75, 3.05) is 12.3 Å². The van der Waals surface area contributed by atoms with Crippen molar-refractivity contribution >= 4 is 17.8 Å². The number of Topliss-reactive ketones (excluding diaryl/α,β-unsaturated/α-hetero) is 1. The number of hydrogen-bond acceptors (Lipinski definition) is 6. The Morgan fingerprint density at radius 2 is 2.06 bits per heavy atom. The van der Waals surface area contributed by atoms with Crippen LogP contribution in [0.4, 0.5) is 10.7 Å². The van der Waals surface area contributed by atoms with Crippen molar-refractivity contribution in [1.82, 2.24) is 9.55 Å².